The van der Waals surface area contributed by atoms with Gasteiger partial charge in [0.05, 0.1) is 11.3 Å². The predicted octanol–water partition coefficient (Wildman–Crippen LogP) is 5.00. The predicted molar refractivity (Wildman–Crippen MR) is 127 cm³/mol. The second-order valence-electron chi connectivity index (χ2n) is 9.68. The van der Waals surface area contributed by atoms with Gasteiger partial charge in [-0.2, -0.15) is 0 Å². The third-order valence-corrected chi connectivity index (χ3v) is 7.09. The van der Waals surface area contributed by atoms with Gasteiger partial charge in [-0.05, 0) is 103 Å². The van der Waals surface area contributed by atoms with Crippen LogP contribution in [0.15, 0.2) is 22.6 Å². The number of likely N-dealkylation sites (tertiary alicyclic amines) is 2. The zero-order chi connectivity index (χ0) is 23.0. The van der Waals surface area contributed by atoms with Crippen molar-refractivity contribution in [3.05, 3.63) is 41.3 Å². The molecule has 2 fully saturated rings. The van der Waals surface area contributed by atoms with Crippen molar-refractivity contribution in [2.75, 3.05) is 45.8 Å². The fourth-order valence-electron chi connectivity index (χ4n) is 5.01. The van der Waals surface area contributed by atoms with Crippen molar-refractivity contribution in [3.8, 4) is 11.5 Å². The summed E-state index contributed by atoms with van der Waals surface area (Å²) in [7, 11) is 0. The number of oxazole rings is 1. The highest BCUT2D eigenvalue weighted by Gasteiger charge is 2.22. The Kier molecular flexibility index (Phi) is 8.87. The summed E-state index contributed by atoms with van der Waals surface area (Å²) in [5.74, 6) is 0.389. The number of aromatic nitrogens is 1. The van der Waals surface area contributed by atoms with E-state index in [1.54, 1.807) is 0 Å². The topological polar surface area (TPSA) is 44.5 Å². The van der Waals surface area contributed by atoms with Gasteiger partial charge in [0.1, 0.15) is 17.4 Å². The van der Waals surface area contributed by atoms with Crippen molar-refractivity contribution in [3.63, 3.8) is 0 Å². The molecular formula is C26H38F2N4O. The van der Waals surface area contributed by atoms with Crippen molar-refractivity contribution < 1.29 is 13.2 Å². The van der Waals surface area contributed by atoms with Crippen LogP contribution in [0.5, 0.6) is 0 Å². The number of nitrogens with zero attached hydrogens (tertiary/aromatic N) is 3. The molecule has 0 atom stereocenters. The molecule has 0 spiro atoms. The monoisotopic (exact) mass is 460 g/mol. The highest BCUT2D eigenvalue weighted by molar-refractivity contribution is 5.54. The maximum Gasteiger partial charge on any atom is 0.229 e. The Hall–Kier alpha value is -1.83. The van der Waals surface area contributed by atoms with E-state index in [9.17, 15) is 8.78 Å². The summed E-state index contributed by atoms with van der Waals surface area (Å²) in [5.41, 5.74) is 1.03. The molecule has 0 unspecified atom stereocenters. The summed E-state index contributed by atoms with van der Waals surface area (Å²) in [6.45, 7) is 10.6. The summed E-state index contributed by atoms with van der Waals surface area (Å²) >= 11 is 0. The number of benzene rings is 1. The van der Waals surface area contributed by atoms with Crippen molar-refractivity contribution in [2.24, 2.45) is 5.92 Å². The Labute approximate surface area is 196 Å². The average Bonchev–Trinajstić information content (AvgIpc) is 2.99. The van der Waals surface area contributed by atoms with Crippen molar-refractivity contribution >= 4 is 0 Å². The Balaban J connectivity index is 1.16. The SMILES string of the molecule is Cc1oc(-c2ccc(F)cc2F)nc1CN1CCC(CNCCCN2CCCCCC2)CC1. The van der Waals surface area contributed by atoms with Crippen LogP contribution in [-0.2, 0) is 6.54 Å². The van der Waals surface area contributed by atoms with Gasteiger partial charge in [-0.1, -0.05) is 12.8 Å². The molecule has 33 heavy (non-hydrogen) atoms. The van der Waals surface area contributed by atoms with E-state index in [0.717, 1.165) is 43.9 Å². The van der Waals surface area contributed by atoms with E-state index in [1.807, 2.05) is 6.92 Å². The summed E-state index contributed by atoms with van der Waals surface area (Å²) in [5, 5.41) is 3.68. The van der Waals surface area contributed by atoms with Crippen LogP contribution in [0.1, 0.15) is 56.4 Å². The molecule has 0 amide bonds. The first-order chi connectivity index (χ1) is 16.1. The lowest BCUT2D eigenvalue weighted by molar-refractivity contribution is 0.173. The van der Waals surface area contributed by atoms with E-state index >= 15 is 0 Å². The molecule has 2 aliphatic rings. The molecule has 2 saturated heterocycles. The van der Waals surface area contributed by atoms with Gasteiger partial charge >= 0.3 is 0 Å². The largest absolute Gasteiger partial charge is 0.441 e. The summed E-state index contributed by atoms with van der Waals surface area (Å²) in [6, 6.07) is 3.47. The Bertz CT molecular complexity index is 871. The number of nitrogens with one attached hydrogen (secondary N) is 1. The van der Waals surface area contributed by atoms with Crippen LogP contribution in [0.4, 0.5) is 8.78 Å². The molecule has 1 aromatic carbocycles. The maximum atomic E-state index is 14.1. The van der Waals surface area contributed by atoms with Crippen molar-refractivity contribution in [2.45, 2.75) is 58.4 Å². The van der Waals surface area contributed by atoms with Crippen LogP contribution < -0.4 is 5.32 Å². The molecule has 1 N–H and O–H groups in total. The van der Waals surface area contributed by atoms with E-state index in [-0.39, 0.29) is 11.5 Å². The molecule has 0 saturated carbocycles. The van der Waals surface area contributed by atoms with Gasteiger partial charge in [-0.25, -0.2) is 13.8 Å². The van der Waals surface area contributed by atoms with Gasteiger partial charge in [0.2, 0.25) is 5.89 Å². The molecule has 2 aromatic rings. The highest BCUT2D eigenvalue weighted by Crippen LogP contribution is 2.26. The van der Waals surface area contributed by atoms with E-state index in [2.05, 4.69) is 20.1 Å². The molecule has 0 aliphatic carbocycles. The third kappa shape index (κ3) is 7.08. The molecule has 182 valence electrons. The van der Waals surface area contributed by atoms with Gasteiger partial charge in [0.25, 0.3) is 0 Å². The summed E-state index contributed by atoms with van der Waals surface area (Å²) in [4.78, 5) is 9.54. The van der Waals surface area contributed by atoms with E-state index in [0.29, 0.717) is 12.3 Å². The molecule has 5 nitrogen and oxygen atoms in total. The van der Waals surface area contributed by atoms with Crippen LogP contribution >= 0.6 is 0 Å². The molecule has 3 heterocycles. The van der Waals surface area contributed by atoms with E-state index in [1.165, 1.54) is 76.7 Å². The second kappa shape index (κ2) is 12.0. The fraction of sp³-hybridized carbons (Fsp3) is 0.654. The van der Waals surface area contributed by atoms with Gasteiger partial charge in [0, 0.05) is 12.6 Å². The van der Waals surface area contributed by atoms with Crippen LogP contribution in [-0.4, -0.2) is 60.6 Å². The highest BCUT2D eigenvalue weighted by atomic mass is 19.1. The van der Waals surface area contributed by atoms with Gasteiger partial charge in [-0.15, -0.1) is 0 Å². The standard InChI is InChI=1S/C26H38F2N4O/c1-20-25(30-26(33-20)23-8-7-22(27)17-24(23)28)19-32-15-9-21(10-16-32)18-29-11-6-14-31-12-4-2-3-5-13-31/h7-8,17,21,29H,2-6,9-16,18-19H2,1H3. The van der Waals surface area contributed by atoms with Crippen LogP contribution in [0.3, 0.4) is 0 Å². The zero-order valence-electron chi connectivity index (χ0n) is 19.9. The smallest absolute Gasteiger partial charge is 0.229 e. The van der Waals surface area contributed by atoms with E-state index in [4.69, 9.17) is 4.42 Å². The normalized spacial score (nSPS) is 19.1. The first kappa shape index (κ1) is 24.3. The molecule has 0 bridgehead atoms. The second-order valence-corrected chi connectivity index (χ2v) is 9.68. The maximum absolute atomic E-state index is 14.1. The molecule has 2 aliphatic heterocycles. The third-order valence-electron chi connectivity index (χ3n) is 7.09. The minimum Gasteiger partial charge on any atom is -0.441 e. The van der Waals surface area contributed by atoms with E-state index < -0.39 is 11.6 Å². The van der Waals surface area contributed by atoms with Crippen molar-refractivity contribution in [1.29, 1.82) is 0 Å². The first-order valence-electron chi connectivity index (χ1n) is 12.7. The zero-order valence-corrected chi connectivity index (χ0v) is 19.9. The molecule has 0 radical (unpaired) electrons. The Morgan fingerprint density at radius 3 is 2.52 bits per heavy atom. The minimum atomic E-state index is -0.650. The number of aryl methyl sites for hydroxylation is 1. The molecular weight excluding hydrogens is 422 g/mol. The van der Waals surface area contributed by atoms with Crippen LogP contribution in [0.2, 0.25) is 0 Å². The molecule has 4 rings (SSSR count). The van der Waals surface area contributed by atoms with Gasteiger partial charge in [0.15, 0.2) is 0 Å². The Morgan fingerprint density at radius 2 is 1.79 bits per heavy atom. The number of rotatable bonds is 9. The Morgan fingerprint density at radius 1 is 1.03 bits per heavy atom. The van der Waals surface area contributed by atoms with Crippen LogP contribution in [0, 0.1) is 24.5 Å². The first-order valence-corrected chi connectivity index (χ1v) is 12.7. The van der Waals surface area contributed by atoms with Gasteiger partial charge in [-0.3, -0.25) is 4.90 Å². The average molecular weight is 461 g/mol. The number of hydrogen-bond donors (Lipinski definition) is 1. The number of piperidine rings is 1. The quantitative estimate of drug-likeness (QED) is 0.534. The molecule has 1 aromatic heterocycles. The lowest BCUT2D eigenvalue weighted by atomic mass is 9.96. The lowest BCUT2D eigenvalue weighted by Crippen LogP contribution is -2.37. The minimum absolute atomic E-state index is 0.200. The van der Waals surface area contributed by atoms with Crippen molar-refractivity contribution in [1.82, 2.24) is 20.1 Å². The number of hydrogen-bond acceptors (Lipinski definition) is 5. The summed E-state index contributed by atoms with van der Waals surface area (Å²) < 4.78 is 33.0. The molecule has 7 heteroatoms. The van der Waals surface area contributed by atoms with Gasteiger partial charge < -0.3 is 14.6 Å². The lowest BCUT2D eigenvalue weighted by Gasteiger charge is -2.31. The fourth-order valence-corrected chi connectivity index (χ4v) is 5.01. The van der Waals surface area contributed by atoms with Crippen LogP contribution in [0.25, 0.3) is 11.5 Å². The summed E-state index contributed by atoms with van der Waals surface area (Å²) in [6.07, 6.45) is 9.12. The number of halogens is 2.